The van der Waals surface area contributed by atoms with Crippen LogP contribution in [0.15, 0.2) is 28.7 Å². The number of rotatable bonds is 6. The van der Waals surface area contributed by atoms with Crippen LogP contribution in [0.4, 0.5) is 5.88 Å². The van der Waals surface area contributed by atoms with E-state index in [2.05, 4.69) is 19.1 Å². The number of carbonyl (C=O) groups is 1. The number of amides is 1. The minimum absolute atomic E-state index is 0. The predicted molar refractivity (Wildman–Crippen MR) is 78.2 cm³/mol. The largest absolute Gasteiger partial charge is 0.442 e. The van der Waals surface area contributed by atoms with Crippen LogP contribution in [-0.2, 0) is 37.5 Å². The van der Waals surface area contributed by atoms with E-state index in [-0.39, 0.29) is 44.7 Å². The van der Waals surface area contributed by atoms with Crippen LogP contribution in [0.2, 0.25) is 0 Å². The maximum atomic E-state index is 12.0. The van der Waals surface area contributed by atoms with Crippen molar-refractivity contribution in [1.29, 1.82) is 0 Å². The molecule has 1 aliphatic heterocycles. The van der Waals surface area contributed by atoms with E-state index < -0.39 is 6.10 Å². The summed E-state index contributed by atoms with van der Waals surface area (Å²) in [6.07, 6.45) is 7.65. The van der Waals surface area contributed by atoms with E-state index in [0.717, 1.165) is 25.7 Å². The first kappa shape index (κ1) is 18.6. The van der Waals surface area contributed by atoms with Crippen LogP contribution in [0.3, 0.4) is 0 Å². The Kier molecular flexibility index (Phi) is 7.85. The van der Waals surface area contributed by atoms with Crippen molar-refractivity contribution in [1.82, 2.24) is 0 Å². The van der Waals surface area contributed by atoms with Crippen molar-refractivity contribution in [2.24, 2.45) is 0 Å². The van der Waals surface area contributed by atoms with Gasteiger partial charge in [-0.05, 0) is 25.8 Å². The van der Waals surface area contributed by atoms with Crippen molar-refractivity contribution in [3.63, 3.8) is 0 Å². The summed E-state index contributed by atoms with van der Waals surface area (Å²) >= 11 is 0. The standard InChI is InChI=1S/C16H22NO3.Y/c1-3-4-5-6-7-13-8-10-15(19)17(13)16-11-9-14(20-16)12(2)18;/h5-6,9,11-13,18H,1,3-4,7-8,10H2,2H3;/q-1;/b6-5-;/t12?,13-;/m1./s1. The SMILES string of the molecule is [CH2-]CC/C=C\C[C@@H]1CCC(=O)N1c1ccc(C(C)O)o1.[Y]. The first-order chi connectivity index (χ1) is 9.63. The molecule has 1 aromatic heterocycles. The molecule has 4 nitrogen and oxygen atoms in total. The molecule has 1 aliphatic rings. The van der Waals surface area contributed by atoms with Crippen LogP contribution >= 0.6 is 0 Å². The number of aliphatic hydroxyl groups is 1. The molecule has 2 heterocycles. The second kappa shape index (κ2) is 8.87. The molecule has 1 radical (unpaired) electrons. The maximum Gasteiger partial charge on any atom is 0.229 e. The Morgan fingerprint density at radius 2 is 2.29 bits per heavy atom. The second-order valence-electron chi connectivity index (χ2n) is 5.16. The molecule has 5 heteroatoms. The number of furan rings is 1. The summed E-state index contributed by atoms with van der Waals surface area (Å²) in [5.41, 5.74) is 0. The van der Waals surface area contributed by atoms with E-state index in [1.54, 1.807) is 24.0 Å². The topological polar surface area (TPSA) is 53.7 Å². The van der Waals surface area contributed by atoms with Crippen molar-refractivity contribution in [2.75, 3.05) is 4.90 Å². The van der Waals surface area contributed by atoms with Gasteiger partial charge in [0.15, 0.2) is 0 Å². The van der Waals surface area contributed by atoms with Crippen LogP contribution in [0.1, 0.15) is 50.9 Å². The van der Waals surface area contributed by atoms with Gasteiger partial charge < -0.3 is 16.4 Å². The van der Waals surface area contributed by atoms with E-state index >= 15 is 0 Å². The van der Waals surface area contributed by atoms with Gasteiger partial charge >= 0.3 is 0 Å². The monoisotopic (exact) mass is 365 g/mol. The van der Waals surface area contributed by atoms with Crippen molar-refractivity contribution in [3.05, 3.63) is 37.0 Å². The van der Waals surface area contributed by atoms with Gasteiger partial charge in [-0.1, -0.05) is 18.6 Å². The smallest absolute Gasteiger partial charge is 0.229 e. The summed E-state index contributed by atoms with van der Waals surface area (Å²) in [7, 11) is 0. The molecule has 1 amide bonds. The zero-order chi connectivity index (χ0) is 14.5. The Bertz CT molecular complexity index is 482. The third-order valence-electron chi connectivity index (χ3n) is 3.53. The van der Waals surface area contributed by atoms with Crippen LogP contribution in [0.5, 0.6) is 0 Å². The minimum Gasteiger partial charge on any atom is -0.442 e. The molecule has 0 saturated carbocycles. The third-order valence-corrected chi connectivity index (χ3v) is 3.53. The quantitative estimate of drug-likeness (QED) is 0.621. The molecule has 2 rings (SSSR count). The number of carbonyl (C=O) groups excluding carboxylic acids is 1. The van der Waals surface area contributed by atoms with Gasteiger partial charge in [0.1, 0.15) is 11.9 Å². The summed E-state index contributed by atoms with van der Waals surface area (Å²) in [6, 6.07) is 3.63. The fourth-order valence-electron chi connectivity index (χ4n) is 2.45. The molecule has 113 valence electrons. The van der Waals surface area contributed by atoms with Crippen molar-refractivity contribution in [3.8, 4) is 0 Å². The molecular weight excluding hydrogens is 343 g/mol. The molecule has 0 spiro atoms. The summed E-state index contributed by atoms with van der Waals surface area (Å²) in [5.74, 6) is 1.12. The van der Waals surface area contributed by atoms with E-state index in [1.807, 2.05) is 0 Å². The molecule has 1 N–H and O–H groups in total. The van der Waals surface area contributed by atoms with Gasteiger partial charge in [-0.2, -0.15) is 6.42 Å². The average Bonchev–Trinajstić information content (AvgIpc) is 3.01. The van der Waals surface area contributed by atoms with Gasteiger partial charge in [0.05, 0.1) is 0 Å². The summed E-state index contributed by atoms with van der Waals surface area (Å²) < 4.78 is 5.58. The normalized spacial score (nSPS) is 20.0. The molecular formula is C16H22NO3Y-. The summed E-state index contributed by atoms with van der Waals surface area (Å²) in [5, 5.41) is 9.50. The Labute approximate surface area is 151 Å². The van der Waals surface area contributed by atoms with Crippen LogP contribution < -0.4 is 4.90 Å². The molecule has 0 bridgehead atoms. The van der Waals surface area contributed by atoms with Gasteiger partial charge in [-0.3, -0.25) is 9.69 Å². The Morgan fingerprint density at radius 3 is 2.90 bits per heavy atom. The fourth-order valence-corrected chi connectivity index (χ4v) is 2.45. The minimum atomic E-state index is -0.656. The number of aliphatic hydroxyl groups excluding tert-OH is 1. The zero-order valence-electron chi connectivity index (χ0n) is 12.5. The Morgan fingerprint density at radius 1 is 1.52 bits per heavy atom. The molecule has 2 atom stereocenters. The average molecular weight is 365 g/mol. The molecule has 1 saturated heterocycles. The second-order valence-corrected chi connectivity index (χ2v) is 5.16. The van der Waals surface area contributed by atoms with Gasteiger partial charge in [0.2, 0.25) is 11.8 Å². The number of hydrogen-bond acceptors (Lipinski definition) is 3. The van der Waals surface area contributed by atoms with Gasteiger partial charge in [0.25, 0.3) is 0 Å². The first-order valence-electron chi connectivity index (χ1n) is 7.17. The molecule has 21 heavy (non-hydrogen) atoms. The van der Waals surface area contributed by atoms with Gasteiger partial charge in [0, 0.05) is 51.2 Å². The molecule has 0 aliphatic carbocycles. The molecule has 0 aromatic carbocycles. The number of unbranched alkanes of at least 4 members (excludes halogenated alkanes) is 1. The number of allylic oxidation sites excluding steroid dienone is 1. The predicted octanol–water partition coefficient (Wildman–Crippen LogP) is 3.39. The van der Waals surface area contributed by atoms with E-state index in [9.17, 15) is 9.90 Å². The summed E-state index contributed by atoms with van der Waals surface area (Å²) in [4.78, 5) is 13.7. The Hall–Kier alpha value is -0.446. The van der Waals surface area contributed by atoms with Crippen LogP contribution in [0.25, 0.3) is 0 Å². The van der Waals surface area contributed by atoms with Crippen molar-refractivity contribution < 1.29 is 47.0 Å². The number of hydrogen-bond donors (Lipinski definition) is 1. The number of anilines is 1. The molecule has 1 aromatic rings. The molecule has 1 unspecified atom stereocenters. The number of nitrogens with zero attached hydrogens (tertiary/aromatic N) is 1. The third kappa shape index (κ3) is 4.77. The maximum absolute atomic E-state index is 12.0. The summed E-state index contributed by atoms with van der Waals surface area (Å²) in [6.45, 7) is 5.44. The Balaban J connectivity index is 0.00000220. The molecule has 1 fully saturated rings. The van der Waals surface area contributed by atoms with E-state index in [0.29, 0.717) is 18.1 Å². The zero-order valence-corrected chi connectivity index (χ0v) is 15.3. The van der Waals surface area contributed by atoms with Crippen molar-refractivity contribution >= 4 is 11.8 Å². The van der Waals surface area contributed by atoms with E-state index in [1.165, 1.54) is 0 Å². The van der Waals surface area contributed by atoms with Crippen LogP contribution in [0, 0.1) is 6.92 Å². The first-order valence-corrected chi connectivity index (χ1v) is 7.17. The van der Waals surface area contributed by atoms with Gasteiger partial charge in [-0.25, -0.2) is 0 Å². The van der Waals surface area contributed by atoms with Gasteiger partial charge in [-0.15, -0.1) is 0 Å². The van der Waals surface area contributed by atoms with Crippen LogP contribution in [-0.4, -0.2) is 17.1 Å². The van der Waals surface area contributed by atoms with Crippen molar-refractivity contribution in [2.45, 2.75) is 51.2 Å². The van der Waals surface area contributed by atoms with E-state index in [4.69, 9.17) is 4.42 Å². The fraction of sp³-hybridized carbons (Fsp3) is 0.500.